The lowest BCUT2D eigenvalue weighted by Gasteiger charge is -2.38. The third kappa shape index (κ3) is 5.29. The van der Waals surface area contributed by atoms with Gasteiger partial charge in [-0.05, 0) is 57.9 Å². The van der Waals surface area contributed by atoms with Crippen molar-refractivity contribution in [1.82, 2.24) is 0 Å². The summed E-state index contributed by atoms with van der Waals surface area (Å²) in [5.74, 6) is -0.912. The van der Waals surface area contributed by atoms with Crippen LogP contribution in [0.15, 0.2) is 39.5 Å². The highest BCUT2D eigenvalue weighted by Crippen LogP contribution is 2.40. The average molecular weight is 533 g/mol. The van der Waals surface area contributed by atoms with Crippen LogP contribution in [0.2, 0.25) is 0 Å². The first-order valence-corrected chi connectivity index (χ1v) is 12.1. The molecule has 4 rings (SSSR count). The summed E-state index contributed by atoms with van der Waals surface area (Å²) in [6, 6.07) is 7.42. The Hall–Kier alpha value is -3.35. The highest BCUT2D eigenvalue weighted by atomic mass is 16.7. The molecule has 206 valence electrons. The predicted octanol–water partition coefficient (Wildman–Crippen LogP) is 1.79. The average Bonchev–Trinajstić information content (AvgIpc) is 2.86. The van der Waals surface area contributed by atoms with Crippen LogP contribution in [0.1, 0.15) is 32.8 Å². The van der Waals surface area contributed by atoms with Gasteiger partial charge in [0.2, 0.25) is 17.5 Å². The number of aliphatic hydroxyl groups is 4. The SMILES string of the molecule is COc1ccc(-c2oc3c(CCC(C)(C)O)c(O)cc(O)c3c(=O)c2O[C@@H]2O[C@H](C)[C@H](O)[C@H](O)[C@@H]2O)cc1. The Morgan fingerprint density at radius 3 is 2.26 bits per heavy atom. The number of hydrogen-bond acceptors (Lipinski definition) is 11. The van der Waals surface area contributed by atoms with Crippen LogP contribution >= 0.6 is 0 Å². The quantitative estimate of drug-likeness (QED) is 0.261. The monoisotopic (exact) mass is 532 g/mol. The molecule has 1 saturated heterocycles. The topological polar surface area (TPSA) is 179 Å². The number of phenolic OH excluding ortho intramolecular Hbond substituents is 2. The zero-order valence-electron chi connectivity index (χ0n) is 21.4. The van der Waals surface area contributed by atoms with Gasteiger partial charge >= 0.3 is 0 Å². The molecular formula is C27H32O11. The van der Waals surface area contributed by atoms with Crippen molar-refractivity contribution < 1.29 is 49.3 Å². The van der Waals surface area contributed by atoms with Gasteiger partial charge in [-0.25, -0.2) is 0 Å². The summed E-state index contributed by atoms with van der Waals surface area (Å²) in [6.45, 7) is 4.66. The van der Waals surface area contributed by atoms with Gasteiger partial charge in [0.1, 0.15) is 46.5 Å². The number of fused-ring (bicyclic) bond motifs is 1. The minimum absolute atomic E-state index is 0.108. The largest absolute Gasteiger partial charge is 0.507 e. The molecule has 38 heavy (non-hydrogen) atoms. The van der Waals surface area contributed by atoms with E-state index in [0.29, 0.717) is 11.3 Å². The Morgan fingerprint density at radius 1 is 1.00 bits per heavy atom. The van der Waals surface area contributed by atoms with Crippen LogP contribution in [-0.4, -0.2) is 74.1 Å². The minimum Gasteiger partial charge on any atom is -0.507 e. The lowest BCUT2D eigenvalue weighted by Crippen LogP contribution is -2.58. The number of hydrogen-bond donors (Lipinski definition) is 6. The summed E-state index contributed by atoms with van der Waals surface area (Å²) in [7, 11) is 1.49. The van der Waals surface area contributed by atoms with Gasteiger partial charge in [0.05, 0.1) is 18.8 Å². The van der Waals surface area contributed by atoms with Crippen molar-refractivity contribution in [3.63, 3.8) is 0 Å². The van der Waals surface area contributed by atoms with E-state index >= 15 is 0 Å². The summed E-state index contributed by atoms with van der Waals surface area (Å²) in [4.78, 5) is 13.8. The van der Waals surface area contributed by atoms with E-state index in [1.165, 1.54) is 14.0 Å². The van der Waals surface area contributed by atoms with Gasteiger partial charge in [0, 0.05) is 17.2 Å². The molecule has 0 bridgehead atoms. The fourth-order valence-electron chi connectivity index (χ4n) is 4.31. The molecule has 0 radical (unpaired) electrons. The van der Waals surface area contributed by atoms with Crippen molar-refractivity contribution in [1.29, 1.82) is 0 Å². The van der Waals surface area contributed by atoms with Crippen LogP contribution in [0.5, 0.6) is 23.0 Å². The Bertz CT molecular complexity index is 1360. The molecule has 5 atom stereocenters. The van der Waals surface area contributed by atoms with E-state index < -0.39 is 53.2 Å². The van der Waals surface area contributed by atoms with Gasteiger partial charge in [0.25, 0.3) is 0 Å². The summed E-state index contributed by atoms with van der Waals surface area (Å²) in [5.41, 5.74) is -1.48. The smallest absolute Gasteiger partial charge is 0.239 e. The Labute approximate surface area is 218 Å². The van der Waals surface area contributed by atoms with Crippen LogP contribution in [0.3, 0.4) is 0 Å². The van der Waals surface area contributed by atoms with Crippen molar-refractivity contribution in [3.05, 3.63) is 46.1 Å². The number of aryl methyl sites for hydroxylation is 1. The zero-order valence-corrected chi connectivity index (χ0v) is 21.4. The zero-order chi connectivity index (χ0) is 27.9. The number of aromatic hydroxyl groups is 2. The molecule has 1 aromatic heterocycles. The fourth-order valence-corrected chi connectivity index (χ4v) is 4.31. The van der Waals surface area contributed by atoms with Gasteiger partial charge in [-0.15, -0.1) is 0 Å². The van der Waals surface area contributed by atoms with Gasteiger partial charge in [-0.1, -0.05) is 0 Å². The molecule has 3 aromatic rings. The summed E-state index contributed by atoms with van der Waals surface area (Å²) in [5, 5.41) is 61.9. The van der Waals surface area contributed by atoms with E-state index in [0.717, 1.165) is 6.07 Å². The van der Waals surface area contributed by atoms with E-state index in [9.17, 15) is 35.4 Å². The van der Waals surface area contributed by atoms with E-state index in [1.54, 1.807) is 38.1 Å². The standard InChI is InChI=1S/C27H32O11/c1-12-19(30)21(32)22(33)26(36-12)38-25-20(31)18-17(29)11-16(28)15(9-10-27(2,3)34)24(18)37-23(25)13-5-7-14(35-4)8-6-13/h5-8,11-12,19,21-22,26,28-30,32-34H,9-10H2,1-4H3/t12-,19+,21+,22+,26+/m1/s1. The Morgan fingerprint density at radius 2 is 1.66 bits per heavy atom. The van der Waals surface area contributed by atoms with Crippen LogP contribution in [-0.2, 0) is 11.2 Å². The van der Waals surface area contributed by atoms with Crippen molar-refractivity contribution in [2.75, 3.05) is 7.11 Å². The molecule has 11 nitrogen and oxygen atoms in total. The van der Waals surface area contributed by atoms with Crippen molar-refractivity contribution in [3.8, 4) is 34.3 Å². The van der Waals surface area contributed by atoms with E-state index in [-0.39, 0.29) is 40.9 Å². The fraction of sp³-hybridized carbons (Fsp3) is 0.444. The van der Waals surface area contributed by atoms with E-state index in [4.69, 9.17) is 18.6 Å². The molecular weight excluding hydrogens is 500 g/mol. The number of benzene rings is 2. The molecule has 0 amide bonds. The predicted molar refractivity (Wildman–Crippen MR) is 135 cm³/mol. The number of ether oxygens (including phenoxy) is 3. The van der Waals surface area contributed by atoms with Gasteiger partial charge < -0.3 is 49.3 Å². The molecule has 0 unspecified atom stereocenters. The Balaban J connectivity index is 1.94. The second-order valence-corrected chi connectivity index (χ2v) is 10.0. The summed E-state index contributed by atoms with van der Waals surface area (Å²) >= 11 is 0. The Kier molecular flexibility index (Phi) is 7.60. The minimum atomic E-state index is -1.71. The molecule has 0 aliphatic carbocycles. The van der Waals surface area contributed by atoms with E-state index in [1.807, 2.05) is 0 Å². The highest BCUT2D eigenvalue weighted by molar-refractivity contribution is 5.91. The van der Waals surface area contributed by atoms with Crippen molar-refractivity contribution in [2.24, 2.45) is 0 Å². The molecule has 1 aliphatic heterocycles. The van der Waals surface area contributed by atoms with Gasteiger partial charge in [-0.3, -0.25) is 4.79 Å². The number of methoxy groups -OCH3 is 1. The van der Waals surface area contributed by atoms with E-state index in [2.05, 4.69) is 0 Å². The van der Waals surface area contributed by atoms with Crippen LogP contribution in [0, 0.1) is 0 Å². The lowest BCUT2D eigenvalue weighted by atomic mass is 9.96. The van der Waals surface area contributed by atoms with Crippen molar-refractivity contribution in [2.45, 2.75) is 69.9 Å². The third-order valence-corrected chi connectivity index (χ3v) is 6.56. The molecule has 2 heterocycles. The highest BCUT2D eigenvalue weighted by Gasteiger charge is 2.44. The maximum atomic E-state index is 13.8. The maximum absolute atomic E-state index is 13.8. The second-order valence-electron chi connectivity index (χ2n) is 10.0. The van der Waals surface area contributed by atoms with Gasteiger partial charge in [0.15, 0.2) is 5.76 Å². The molecule has 6 N–H and O–H groups in total. The van der Waals surface area contributed by atoms with Crippen molar-refractivity contribution >= 4 is 11.0 Å². The first-order valence-electron chi connectivity index (χ1n) is 12.1. The number of aliphatic hydroxyl groups excluding tert-OH is 3. The summed E-state index contributed by atoms with van der Waals surface area (Å²) in [6.07, 6.45) is -6.88. The van der Waals surface area contributed by atoms with Gasteiger partial charge in [-0.2, -0.15) is 0 Å². The molecule has 2 aromatic carbocycles. The third-order valence-electron chi connectivity index (χ3n) is 6.56. The summed E-state index contributed by atoms with van der Waals surface area (Å²) < 4.78 is 22.6. The first kappa shape index (κ1) is 27.7. The molecule has 1 aliphatic rings. The molecule has 11 heteroatoms. The first-order chi connectivity index (χ1) is 17.8. The number of rotatable bonds is 7. The number of phenols is 2. The molecule has 1 fully saturated rings. The molecule has 0 saturated carbocycles. The second kappa shape index (κ2) is 10.4. The molecule has 0 spiro atoms. The van der Waals surface area contributed by atoms with Crippen LogP contribution in [0.4, 0.5) is 0 Å². The maximum Gasteiger partial charge on any atom is 0.239 e. The normalized spacial score (nSPS) is 23.9. The lowest BCUT2D eigenvalue weighted by molar-refractivity contribution is -0.268. The van der Waals surface area contributed by atoms with Crippen LogP contribution < -0.4 is 14.9 Å². The van der Waals surface area contributed by atoms with Crippen LogP contribution in [0.25, 0.3) is 22.3 Å².